The van der Waals surface area contributed by atoms with Crippen LogP contribution in [0.15, 0.2) is 47.4 Å². The van der Waals surface area contributed by atoms with Crippen LogP contribution < -0.4 is 9.46 Å². The molecule has 1 fully saturated rings. The molecule has 1 amide bonds. The Morgan fingerprint density at radius 1 is 1.17 bits per heavy atom. The van der Waals surface area contributed by atoms with Gasteiger partial charge in [-0.3, -0.25) is 9.52 Å². The van der Waals surface area contributed by atoms with E-state index in [0.29, 0.717) is 43.1 Å². The zero-order valence-electron chi connectivity index (χ0n) is 15.6. The first kappa shape index (κ1) is 19.6. The molecule has 1 aliphatic heterocycles. The number of hydrogen-bond donors (Lipinski definition) is 1. The van der Waals surface area contributed by atoms with Crippen molar-refractivity contribution < 1.29 is 22.7 Å². The van der Waals surface area contributed by atoms with Crippen LogP contribution in [0.4, 0.5) is 5.13 Å². The molecule has 29 heavy (non-hydrogen) atoms. The van der Waals surface area contributed by atoms with Crippen LogP contribution in [-0.4, -0.2) is 57.6 Å². The number of rotatable bonds is 5. The first-order chi connectivity index (χ1) is 14.0. The third-order valence-electron chi connectivity index (χ3n) is 4.53. The fourth-order valence-corrected chi connectivity index (χ4v) is 5.12. The SMILES string of the molecule is COc1ccc(S(=O)(=O)Nc2nc3ccc(C(=O)N4CCOCC4)cc3s2)cc1. The van der Waals surface area contributed by atoms with E-state index < -0.39 is 10.0 Å². The molecule has 8 nitrogen and oxygen atoms in total. The molecule has 0 saturated carbocycles. The van der Waals surface area contributed by atoms with E-state index in [1.807, 2.05) is 0 Å². The first-order valence-electron chi connectivity index (χ1n) is 8.91. The van der Waals surface area contributed by atoms with E-state index >= 15 is 0 Å². The number of aromatic nitrogens is 1. The predicted molar refractivity (Wildman–Crippen MR) is 110 cm³/mol. The molecule has 4 rings (SSSR count). The van der Waals surface area contributed by atoms with E-state index in [2.05, 4.69) is 9.71 Å². The zero-order valence-corrected chi connectivity index (χ0v) is 17.3. The number of sulfonamides is 1. The quantitative estimate of drug-likeness (QED) is 0.664. The van der Waals surface area contributed by atoms with Crippen LogP contribution in [-0.2, 0) is 14.8 Å². The van der Waals surface area contributed by atoms with Gasteiger partial charge in [-0.25, -0.2) is 13.4 Å². The molecule has 152 valence electrons. The Kier molecular flexibility index (Phi) is 5.39. The van der Waals surface area contributed by atoms with E-state index in [4.69, 9.17) is 9.47 Å². The minimum atomic E-state index is -3.78. The lowest BCUT2D eigenvalue weighted by Gasteiger charge is -2.26. The Labute approximate surface area is 172 Å². The van der Waals surface area contributed by atoms with Gasteiger partial charge in [0, 0.05) is 18.7 Å². The Hall–Kier alpha value is -2.69. The normalized spacial score (nSPS) is 14.7. The van der Waals surface area contributed by atoms with E-state index in [1.54, 1.807) is 35.2 Å². The Balaban J connectivity index is 1.56. The summed E-state index contributed by atoms with van der Waals surface area (Å²) in [7, 11) is -2.26. The van der Waals surface area contributed by atoms with E-state index in [0.717, 1.165) is 4.70 Å². The number of hydrogen-bond acceptors (Lipinski definition) is 7. The zero-order chi connectivity index (χ0) is 20.4. The number of methoxy groups -OCH3 is 1. The van der Waals surface area contributed by atoms with Gasteiger partial charge >= 0.3 is 0 Å². The lowest BCUT2D eigenvalue weighted by Crippen LogP contribution is -2.40. The van der Waals surface area contributed by atoms with E-state index in [-0.39, 0.29) is 15.9 Å². The lowest BCUT2D eigenvalue weighted by molar-refractivity contribution is 0.0303. The number of carbonyl (C=O) groups is 1. The molecular weight excluding hydrogens is 414 g/mol. The maximum atomic E-state index is 12.6. The van der Waals surface area contributed by atoms with Crippen LogP contribution in [0, 0.1) is 0 Å². The summed E-state index contributed by atoms with van der Waals surface area (Å²) in [5, 5.41) is 0.242. The molecule has 2 heterocycles. The van der Waals surface area contributed by atoms with Gasteiger partial charge in [-0.2, -0.15) is 0 Å². The summed E-state index contributed by atoms with van der Waals surface area (Å²) < 4.78 is 38.8. The van der Waals surface area contributed by atoms with Gasteiger partial charge in [-0.05, 0) is 42.5 Å². The number of carbonyl (C=O) groups excluding carboxylic acids is 1. The second-order valence-electron chi connectivity index (χ2n) is 6.39. The second-order valence-corrected chi connectivity index (χ2v) is 9.10. The fraction of sp³-hybridized carbons (Fsp3) is 0.263. The third-order valence-corrected chi connectivity index (χ3v) is 6.94. The largest absolute Gasteiger partial charge is 0.497 e. The first-order valence-corrected chi connectivity index (χ1v) is 11.2. The molecular formula is C19H19N3O5S2. The Bertz CT molecular complexity index is 1140. The van der Waals surface area contributed by atoms with Crippen LogP contribution >= 0.6 is 11.3 Å². The number of ether oxygens (including phenoxy) is 2. The number of nitrogens with zero attached hydrogens (tertiary/aromatic N) is 2. The van der Waals surface area contributed by atoms with Crippen molar-refractivity contribution in [1.82, 2.24) is 9.88 Å². The molecule has 0 radical (unpaired) electrons. The highest BCUT2D eigenvalue weighted by molar-refractivity contribution is 7.93. The van der Waals surface area contributed by atoms with Gasteiger partial charge in [0.25, 0.3) is 15.9 Å². The monoisotopic (exact) mass is 433 g/mol. The predicted octanol–water partition coefficient (Wildman–Crippen LogP) is 2.58. The minimum Gasteiger partial charge on any atom is -0.497 e. The average molecular weight is 434 g/mol. The maximum absolute atomic E-state index is 12.6. The molecule has 0 atom stereocenters. The van der Waals surface area contributed by atoms with Crippen molar-refractivity contribution in [3.63, 3.8) is 0 Å². The molecule has 0 bridgehead atoms. The summed E-state index contributed by atoms with van der Waals surface area (Å²) in [5.41, 5.74) is 1.17. The van der Waals surface area contributed by atoms with Crippen molar-refractivity contribution in [2.24, 2.45) is 0 Å². The van der Waals surface area contributed by atoms with Gasteiger partial charge in [0.05, 0.1) is 35.4 Å². The van der Waals surface area contributed by atoms with Gasteiger partial charge in [0.15, 0.2) is 5.13 Å². The van der Waals surface area contributed by atoms with Gasteiger partial charge in [-0.15, -0.1) is 0 Å². The molecule has 0 unspecified atom stereocenters. The average Bonchev–Trinajstić information content (AvgIpc) is 3.14. The van der Waals surface area contributed by atoms with Crippen molar-refractivity contribution in [3.05, 3.63) is 48.0 Å². The van der Waals surface area contributed by atoms with Gasteiger partial charge < -0.3 is 14.4 Å². The van der Waals surface area contributed by atoms with Gasteiger partial charge in [0.2, 0.25) is 0 Å². The minimum absolute atomic E-state index is 0.0658. The summed E-state index contributed by atoms with van der Waals surface area (Å²) in [4.78, 5) is 18.8. The van der Waals surface area contributed by atoms with Crippen molar-refractivity contribution in [2.45, 2.75) is 4.90 Å². The Morgan fingerprint density at radius 3 is 2.59 bits per heavy atom. The summed E-state index contributed by atoms with van der Waals surface area (Å²) >= 11 is 1.18. The van der Waals surface area contributed by atoms with Gasteiger partial charge in [0.1, 0.15) is 5.75 Å². The fourth-order valence-electron chi connectivity index (χ4n) is 2.98. The van der Waals surface area contributed by atoms with Crippen LogP contribution in [0.1, 0.15) is 10.4 Å². The number of morpholine rings is 1. The second kappa shape index (κ2) is 7.97. The number of benzene rings is 2. The summed E-state index contributed by atoms with van der Waals surface area (Å²) in [6, 6.07) is 11.3. The van der Waals surface area contributed by atoms with Crippen LogP contribution in [0.2, 0.25) is 0 Å². The molecule has 0 aliphatic carbocycles. The molecule has 1 N–H and O–H groups in total. The van der Waals surface area contributed by atoms with Gasteiger partial charge in [-0.1, -0.05) is 11.3 Å². The van der Waals surface area contributed by atoms with Crippen molar-refractivity contribution in [2.75, 3.05) is 38.1 Å². The topological polar surface area (TPSA) is 97.8 Å². The maximum Gasteiger partial charge on any atom is 0.263 e. The number of amides is 1. The standard InChI is InChI=1S/C19H19N3O5S2/c1-26-14-3-5-15(6-4-14)29(24,25)21-19-20-16-7-2-13(12-17(16)28-19)18(23)22-8-10-27-11-9-22/h2-7,12H,8-11H2,1H3,(H,20,21). The molecule has 10 heteroatoms. The highest BCUT2D eigenvalue weighted by Gasteiger charge is 2.20. The smallest absolute Gasteiger partial charge is 0.263 e. The molecule has 1 aliphatic rings. The molecule has 0 spiro atoms. The lowest BCUT2D eigenvalue weighted by atomic mass is 10.2. The van der Waals surface area contributed by atoms with E-state index in [1.165, 1.54) is 30.6 Å². The van der Waals surface area contributed by atoms with Crippen molar-refractivity contribution in [3.8, 4) is 5.75 Å². The summed E-state index contributed by atoms with van der Waals surface area (Å²) in [6.07, 6.45) is 0. The van der Waals surface area contributed by atoms with E-state index in [9.17, 15) is 13.2 Å². The third kappa shape index (κ3) is 4.19. The molecule has 2 aromatic carbocycles. The number of fused-ring (bicyclic) bond motifs is 1. The summed E-state index contributed by atoms with van der Waals surface area (Å²) in [5.74, 6) is 0.505. The number of anilines is 1. The van der Waals surface area contributed by atoms with Crippen LogP contribution in [0.5, 0.6) is 5.75 Å². The highest BCUT2D eigenvalue weighted by atomic mass is 32.2. The van der Waals surface area contributed by atoms with Crippen LogP contribution in [0.25, 0.3) is 10.2 Å². The molecule has 3 aromatic rings. The summed E-state index contributed by atoms with van der Waals surface area (Å²) in [6.45, 7) is 2.19. The van der Waals surface area contributed by atoms with Crippen molar-refractivity contribution >= 4 is 42.6 Å². The van der Waals surface area contributed by atoms with Crippen molar-refractivity contribution in [1.29, 1.82) is 0 Å². The molecule has 1 saturated heterocycles. The number of thiazole rings is 1. The highest BCUT2D eigenvalue weighted by Crippen LogP contribution is 2.29. The van der Waals surface area contributed by atoms with Crippen LogP contribution in [0.3, 0.4) is 0 Å². The Morgan fingerprint density at radius 2 is 1.90 bits per heavy atom. The number of nitrogens with one attached hydrogen (secondary N) is 1. The molecule has 1 aromatic heterocycles.